The SMILES string of the molecule is CC(C)Cc1[nH]n(Cc2ccc(Cl)cc2)c(=O)c1N. The van der Waals surface area contributed by atoms with Crippen LogP contribution in [0.4, 0.5) is 5.69 Å². The molecule has 0 spiro atoms. The zero-order valence-corrected chi connectivity index (χ0v) is 11.9. The van der Waals surface area contributed by atoms with E-state index in [1.165, 1.54) is 4.68 Å². The van der Waals surface area contributed by atoms with E-state index in [2.05, 4.69) is 18.9 Å². The average Bonchev–Trinajstić information content (AvgIpc) is 2.60. The minimum Gasteiger partial charge on any atom is -0.393 e. The van der Waals surface area contributed by atoms with Crippen LogP contribution in [-0.2, 0) is 13.0 Å². The topological polar surface area (TPSA) is 63.8 Å². The molecule has 1 aromatic heterocycles. The molecule has 0 aliphatic heterocycles. The number of nitrogens with two attached hydrogens (primary N) is 1. The van der Waals surface area contributed by atoms with Crippen molar-refractivity contribution >= 4 is 17.3 Å². The molecule has 19 heavy (non-hydrogen) atoms. The number of nitrogen functional groups attached to an aromatic ring is 1. The summed E-state index contributed by atoms with van der Waals surface area (Å²) in [6.07, 6.45) is 0.773. The van der Waals surface area contributed by atoms with Crippen molar-refractivity contribution in [3.05, 3.63) is 50.9 Å². The van der Waals surface area contributed by atoms with E-state index in [1.807, 2.05) is 24.3 Å². The molecule has 1 heterocycles. The van der Waals surface area contributed by atoms with Crippen LogP contribution in [0.15, 0.2) is 29.1 Å². The number of aromatic nitrogens is 2. The predicted molar refractivity (Wildman–Crippen MR) is 78.6 cm³/mol. The van der Waals surface area contributed by atoms with Gasteiger partial charge >= 0.3 is 0 Å². The zero-order chi connectivity index (χ0) is 14.0. The summed E-state index contributed by atoms with van der Waals surface area (Å²) in [5.74, 6) is 0.448. The van der Waals surface area contributed by atoms with Crippen LogP contribution in [0, 0.1) is 5.92 Å². The largest absolute Gasteiger partial charge is 0.393 e. The van der Waals surface area contributed by atoms with Crippen LogP contribution in [0.2, 0.25) is 5.02 Å². The second kappa shape index (κ2) is 5.53. The van der Waals surface area contributed by atoms with Crippen molar-refractivity contribution in [2.24, 2.45) is 5.92 Å². The lowest BCUT2D eigenvalue weighted by Crippen LogP contribution is -2.19. The van der Waals surface area contributed by atoms with Gasteiger partial charge in [0.05, 0.1) is 12.2 Å². The molecule has 0 saturated heterocycles. The van der Waals surface area contributed by atoms with Gasteiger partial charge in [-0.3, -0.25) is 9.89 Å². The van der Waals surface area contributed by atoms with Gasteiger partial charge in [-0.25, -0.2) is 4.68 Å². The highest BCUT2D eigenvalue weighted by Gasteiger charge is 2.12. The van der Waals surface area contributed by atoms with Gasteiger partial charge in [0.15, 0.2) is 0 Å². The summed E-state index contributed by atoms with van der Waals surface area (Å²) in [5, 5.41) is 3.77. The van der Waals surface area contributed by atoms with Gasteiger partial charge in [0.2, 0.25) is 0 Å². The maximum Gasteiger partial charge on any atom is 0.290 e. The van der Waals surface area contributed by atoms with Crippen molar-refractivity contribution in [2.45, 2.75) is 26.8 Å². The fourth-order valence-electron chi connectivity index (χ4n) is 2.00. The lowest BCUT2D eigenvalue weighted by Gasteiger charge is -2.04. The Bertz CT molecular complexity index is 611. The van der Waals surface area contributed by atoms with E-state index in [0.717, 1.165) is 17.7 Å². The number of nitrogens with one attached hydrogen (secondary N) is 1. The Labute approximate surface area is 117 Å². The Morgan fingerprint density at radius 1 is 1.32 bits per heavy atom. The number of aromatic amines is 1. The lowest BCUT2D eigenvalue weighted by molar-refractivity contribution is 0.603. The van der Waals surface area contributed by atoms with Crippen LogP contribution < -0.4 is 11.3 Å². The summed E-state index contributed by atoms with van der Waals surface area (Å²) >= 11 is 5.84. The number of nitrogens with zero attached hydrogens (tertiary/aromatic N) is 1. The third kappa shape index (κ3) is 3.20. The average molecular weight is 280 g/mol. The van der Waals surface area contributed by atoms with E-state index in [9.17, 15) is 4.79 Å². The molecule has 4 nitrogen and oxygen atoms in total. The number of H-pyrrole nitrogens is 1. The molecule has 0 atom stereocenters. The van der Waals surface area contributed by atoms with E-state index in [4.69, 9.17) is 17.3 Å². The standard InChI is InChI=1S/C14H18ClN3O/c1-9(2)7-12-13(16)14(19)18(17-12)8-10-3-5-11(15)6-4-10/h3-6,9,17H,7-8,16H2,1-2H3. The molecule has 0 radical (unpaired) electrons. The smallest absolute Gasteiger partial charge is 0.290 e. The molecule has 0 aliphatic rings. The molecule has 0 amide bonds. The Kier molecular flexibility index (Phi) is 4.00. The van der Waals surface area contributed by atoms with Crippen molar-refractivity contribution in [2.75, 3.05) is 5.73 Å². The Balaban J connectivity index is 2.26. The van der Waals surface area contributed by atoms with Crippen molar-refractivity contribution in [1.29, 1.82) is 0 Å². The lowest BCUT2D eigenvalue weighted by atomic mass is 10.1. The van der Waals surface area contributed by atoms with Crippen molar-refractivity contribution < 1.29 is 0 Å². The van der Waals surface area contributed by atoms with Gasteiger partial charge in [-0.1, -0.05) is 37.6 Å². The number of benzene rings is 1. The molecule has 3 N–H and O–H groups in total. The molecule has 0 saturated carbocycles. The molecule has 102 valence electrons. The summed E-state index contributed by atoms with van der Waals surface area (Å²) in [6, 6.07) is 7.41. The van der Waals surface area contributed by atoms with Gasteiger partial charge in [-0.05, 0) is 30.0 Å². The number of hydrogen-bond acceptors (Lipinski definition) is 2. The Morgan fingerprint density at radius 2 is 1.95 bits per heavy atom. The number of halogens is 1. The van der Waals surface area contributed by atoms with E-state index < -0.39 is 0 Å². The molecule has 0 aliphatic carbocycles. The van der Waals surface area contributed by atoms with Crippen LogP contribution in [0.5, 0.6) is 0 Å². The second-order valence-electron chi connectivity index (χ2n) is 5.12. The first-order valence-electron chi connectivity index (χ1n) is 6.29. The van der Waals surface area contributed by atoms with Gasteiger partial charge in [-0.2, -0.15) is 0 Å². The van der Waals surface area contributed by atoms with Gasteiger partial charge in [0.1, 0.15) is 5.69 Å². The van der Waals surface area contributed by atoms with Crippen LogP contribution >= 0.6 is 11.6 Å². The normalized spacial score (nSPS) is 11.2. The van der Waals surface area contributed by atoms with Crippen molar-refractivity contribution in [3.8, 4) is 0 Å². The molecular weight excluding hydrogens is 262 g/mol. The molecule has 1 aromatic carbocycles. The zero-order valence-electron chi connectivity index (χ0n) is 11.1. The molecule has 0 fully saturated rings. The highest BCUT2D eigenvalue weighted by molar-refractivity contribution is 6.30. The monoisotopic (exact) mass is 279 g/mol. The van der Waals surface area contributed by atoms with Crippen LogP contribution in [0.1, 0.15) is 25.1 Å². The summed E-state index contributed by atoms with van der Waals surface area (Å²) in [6.45, 7) is 4.65. The van der Waals surface area contributed by atoms with Crippen LogP contribution in [0.3, 0.4) is 0 Å². The van der Waals surface area contributed by atoms with Gasteiger partial charge in [0, 0.05) is 5.02 Å². The second-order valence-corrected chi connectivity index (χ2v) is 5.56. The van der Waals surface area contributed by atoms with E-state index in [1.54, 1.807) is 0 Å². The third-order valence-corrected chi connectivity index (χ3v) is 3.19. The molecule has 0 bridgehead atoms. The molecular formula is C14H18ClN3O. The number of anilines is 1. The van der Waals surface area contributed by atoms with E-state index in [-0.39, 0.29) is 5.56 Å². The van der Waals surface area contributed by atoms with Crippen molar-refractivity contribution in [3.63, 3.8) is 0 Å². The minimum atomic E-state index is -0.161. The van der Waals surface area contributed by atoms with E-state index in [0.29, 0.717) is 23.2 Å². The molecule has 0 unspecified atom stereocenters. The van der Waals surface area contributed by atoms with Crippen molar-refractivity contribution in [1.82, 2.24) is 9.78 Å². The maximum absolute atomic E-state index is 12.0. The third-order valence-electron chi connectivity index (χ3n) is 2.94. The first-order chi connectivity index (χ1) is 8.97. The van der Waals surface area contributed by atoms with Gasteiger partial charge < -0.3 is 5.73 Å². The van der Waals surface area contributed by atoms with Gasteiger partial charge in [-0.15, -0.1) is 0 Å². The minimum absolute atomic E-state index is 0.161. The Hall–Kier alpha value is -1.68. The van der Waals surface area contributed by atoms with E-state index >= 15 is 0 Å². The summed E-state index contributed by atoms with van der Waals surface area (Å²) in [7, 11) is 0. The van der Waals surface area contributed by atoms with Crippen LogP contribution in [0.25, 0.3) is 0 Å². The highest BCUT2D eigenvalue weighted by atomic mass is 35.5. The Morgan fingerprint density at radius 3 is 2.53 bits per heavy atom. The number of hydrogen-bond donors (Lipinski definition) is 2. The maximum atomic E-state index is 12.0. The first-order valence-corrected chi connectivity index (χ1v) is 6.66. The fourth-order valence-corrected chi connectivity index (χ4v) is 2.12. The molecule has 5 heteroatoms. The fraction of sp³-hybridized carbons (Fsp3) is 0.357. The molecule has 2 rings (SSSR count). The first kappa shape index (κ1) is 13.7. The summed E-state index contributed by atoms with van der Waals surface area (Å²) in [5.41, 5.74) is 7.82. The van der Waals surface area contributed by atoms with Crippen LogP contribution in [-0.4, -0.2) is 9.78 Å². The molecule has 2 aromatic rings. The summed E-state index contributed by atoms with van der Waals surface area (Å²) in [4.78, 5) is 12.0. The summed E-state index contributed by atoms with van der Waals surface area (Å²) < 4.78 is 1.54. The van der Waals surface area contributed by atoms with Gasteiger partial charge in [0.25, 0.3) is 5.56 Å². The highest BCUT2D eigenvalue weighted by Crippen LogP contribution is 2.13. The number of rotatable bonds is 4. The quantitative estimate of drug-likeness (QED) is 0.904. The predicted octanol–water partition coefficient (Wildman–Crippen LogP) is 2.66.